The number of benzene rings is 4. The molecule has 0 bridgehead atoms. The molecule has 0 saturated heterocycles. The van der Waals surface area contributed by atoms with Gasteiger partial charge in [0.25, 0.3) is 0 Å². The third kappa shape index (κ3) is 15.7. The topological polar surface area (TPSA) is 220 Å². The maximum atomic E-state index is 15.7. The molecule has 1 fully saturated rings. The molecular weight excluding hydrogens is 1000 g/mol. The summed E-state index contributed by atoms with van der Waals surface area (Å²) >= 11 is 0. The van der Waals surface area contributed by atoms with Gasteiger partial charge in [0.05, 0.1) is 29.5 Å². The largest absolute Gasteiger partial charge is 0.489 e. The molecule has 0 aliphatic heterocycles. The molecule has 1 aliphatic carbocycles. The van der Waals surface area contributed by atoms with Gasteiger partial charge < -0.3 is 39.6 Å². The van der Waals surface area contributed by atoms with Crippen molar-refractivity contribution in [2.24, 2.45) is 0 Å². The number of aromatic nitrogens is 1. The number of rotatable bonds is 19. The van der Waals surface area contributed by atoms with E-state index in [0.29, 0.717) is 40.3 Å². The summed E-state index contributed by atoms with van der Waals surface area (Å²) in [6, 6.07) is 22.2. The number of carbonyl (C=O) groups excluding carboxylic acids is 4. The third-order valence-electron chi connectivity index (χ3n) is 11.8. The zero-order valence-electron chi connectivity index (χ0n) is 44.4. The lowest BCUT2D eigenvalue weighted by Crippen LogP contribution is -2.44. The van der Waals surface area contributed by atoms with Gasteiger partial charge in [0.2, 0.25) is 5.91 Å². The highest BCUT2D eigenvalue weighted by atomic mass is 32.2. The number of anilines is 3. The van der Waals surface area contributed by atoms with Crippen LogP contribution >= 0.6 is 0 Å². The number of hydrogen-bond acceptors (Lipinski definition) is 13. The Morgan fingerprint density at radius 3 is 2.08 bits per heavy atom. The molecule has 1 saturated carbocycles. The van der Waals surface area contributed by atoms with Crippen LogP contribution in [-0.2, 0) is 46.8 Å². The SMILES string of the molecule is C[C@H](CC(=O)Nc1ccc(S(=O)(=O)C2CC2)c(CN(C)C(=O)OCC[Si](C)(C)C)c1)c1cc(C(Nc2ccc3c(N(C(=O)OC(C)(C)C)C(=O)OC(C)(C)C)ncc(F)c3c2)C(=O)O)ccc1OCc1ccccc1. The van der Waals surface area contributed by atoms with Crippen LogP contribution in [0.5, 0.6) is 5.75 Å². The molecule has 5 aromatic rings. The van der Waals surface area contributed by atoms with E-state index in [1.807, 2.05) is 30.3 Å². The minimum atomic E-state index is -3.70. The van der Waals surface area contributed by atoms with Crippen LogP contribution in [-0.4, -0.2) is 91.7 Å². The molecule has 75 heavy (non-hydrogen) atoms. The van der Waals surface area contributed by atoms with Crippen molar-refractivity contribution in [3.63, 3.8) is 0 Å². The number of hydrogen-bond donors (Lipinski definition) is 3. The van der Waals surface area contributed by atoms with E-state index in [9.17, 15) is 37.5 Å². The highest BCUT2D eigenvalue weighted by molar-refractivity contribution is 7.92. The van der Waals surface area contributed by atoms with E-state index in [1.54, 1.807) is 72.7 Å². The van der Waals surface area contributed by atoms with Crippen molar-refractivity contribution >= 4 is 76.0 Å². The lowest BCUT2D eigenvalue weighted by atomic mass is 9.92. The Morgan fingerprint density at radius 1 is 0.840 bits per heavy atom. The molecule has 3 N–H and O–H groups in total. The Kier molecular flexibility index (Phi) is 17.7. The highest BCUT2D eigenvalue weighted by Gasteiger charge is 2.39. The first-order valence-electron chi connectivity index (χ1n) is 24.7. The van der Waals surface area contributed by atoms with E-state index >= 15 is 4.39 Å². The summed E-state index contributed by atoms with van der Waals surface area (Å²) in [6.45, 7) is 18.3. The number of amides is 4. The number of halogens is 1. The standard InChI is InChI=1S/C55H68FN5O12SSi/c1-34(27-47(62)58-38-19-24-46(74(68,69)40-20-21-40)37(28-38)32-60(8)51(65)70-25-26-75(9,10)11)42-29-36(17-23-45(42)71-33-35-15-13-12-14-16-35)48(50(63)64)59-39-18-22-41-43(30-39)44(56)31-57-49(41)61(52(66)72-54(2,3)4)53(67)73-55(5,6)7/h12-19,22-24,28-31,34,40,48,59H,20-21,25-27,32-33H2,1-11H3,(H,58,62)(H,63,64)/t34-,48?/m1/s1. The van der Waals surface area contributed by atoms with Gasteiger partial charge in [-0.3, -0.25) is 4.79 Å². The number of fused-ring (bicyclic) bond motifs is 1. The predicted molar refractivity (Wildman–Crippen MR) is 287 cm³/mol. The van der Waals surface area contributed by atoms with Crippen LogP contribution < -0.4 is 20.3 Å². The van der Waals surface area contributed by atoms with Crippen molar-refractivity contribution in [2.45, 2.75) is 140 Å². The van der Waals surface area contributed by atoms with Crippen LogP contribution in [0.25, 0.3) is 10.8 Å². The van der Waals surface area contributed by atoms with Gasteiger partial charge in [-0.25, -0.2) is 37.0 Å². The molecule has 17 nitrogen and oxygen atoms in total. The second kappa shape index (κ2) is 23.2. The number of carboxylic acids is 1. The van der Waals surface area contributed by atoms with Gasteiger partial charge in [-0.15, -0.1) is 0 Å². The van der Waals surface area contributed by atoms with Crippen molar-refractivity contribution in [3.8, 4) is 5.75 Å². The molecule has 0 radical (unpaired) electrons. The van der Waals surface area contributed by atoms with Crippen molar-refractivity contribution in [1.29, 1.82) is 0 Å². The molecule has 1 aliphatic rings. The Bertz CT molecular complexity index is 3020. The van der Waals surface area contributed by atoms with Gasteiger partial charge in [-0.1, -0.05) is 63.0 Å². The summed E-state index contributed by atoms with van der Waals surface area (Å²) in [5, 5.41) is 16.0. The lowest BCUT2D eigenvalue weighted by Gasteiger charge is -2.28. The van der Waals surface area contributed by atoms with E-state index in [4.69, 9.17) is 18.9 Å². The van der Waals surface area contributed by atoms with E-state index < -0.39 is 82.3 Å². The smallest absolute Gasteiger partial charge is 0.425 e. The summed E-state index contributed by atoms with van der Waals surface area (Å²) < 4.78 is 65.7. The fourth-order valence-electron chi connectivity index (χ4n) is 7.87. The summed E-state index contributed by atoms with van der Waals surface area (Å²) in [5.41, 5.74) is 0.342. The van der Waals surface area contributed by atoms with Crippen molar-refractivity contribution in [1.82, 2.24) is 9.88 Å². The maximum Gasteiger partial charge on any atom is 0.425 e. The number of nitrogens with zero attached hydrogens (tertiary/aromatic N) is 3. The third-order valence-corrected chi connectivity index (χ3v) is 15.8. The number of sulfone groups is 1. The first kappa shape index (κ1) is 57.2. The average Bonchev–Trinajstić information content (AvgIpc) is 4.17. The van der Waals surface area contributed by atoms with Crippen LogP contribution in [0.2, 0.25) is 25.7 Å². The van der Waals surface area contributed by atoms with E-state index in [-0.39, 0.29) is 58.9 Å². The predicted octanol–water partition coefficient (Wildman–Crippen LogP) is 11.8. The highest BCUT2D eigenvalue weighted by Crippen LogP contribution is 2.38. The number of carboxylic acid groups (broad SMARTS) is 1. The molecule has 402 valence electrons. The van der Waals surface area contributed by atoms with Gasteiger partial charge >= 0.3 is 24.2 Å². The Hall–Kier alpha value is -7.06. The average molecular weight is 1070 g/mol. The van der Waals surface area contributed by atoms with Gasteiger partial charge in [0, 0.05) is 43.7 Å². The second-order valence-corrected chi connectivity index (χ2v) is 29.8. The number of carbonyl (C=O) groups is 5. The number of ether oxygens (including phenoxy) is 4. The summed E-state index contributed by atoms with van der Waals surface area (Å²) in [4.78, 5) is 73.2. The monoisotopic (exact) mass is 1070 g/mol. The summed E-state index contributed by atoms with van der Waals surface area (Å²) in [6.07, 6.45) is -1.04. The number of imide groups is 1. The molecule has 1 heterocycles. The number of aliphatic carboxylic acids is 1. The first-order valence-corrected chi connectivity index (χ1v) is 29.9. The number of nitrogens with one attached hydrogen (secondary N) is 2. The molecule has 2 atom stereocenters. The van der Waals surface area contributed by atoms with E-state index in [0.717, 1.165) is 17.8 Å². The first-order chi connectivity index (χ1) is 35.0. The molecule has 6 rings (SSSR count). The quantitative estimate of drug-likeness (QED) is 0.0517. The lowest BCUT2D eigenvalue weighted by molar-refractivity contribution is -0.138. The molecule has 4 amide bonds. The Morgan fingerprint density at radius 2 is 1.48 bits per heavy atom. The van der Waals surface area contributed by atoms with Gasteiger partial charge in [-0.05, 0) is 137 Å². The second-order valence-electron chi connectivity index (χ2n) is 22.0. The van der Waals surface area contributed by atoms with Gasteiger partial charge in [0.15, 0.2) is 21.7 Å². The molecule has 1 aromatic heterocycles. The Labute approximate surface area is 439 Å². The van der Waals surface area contributed by atoms with E-state index in [1.165, 1.54) is 42.3 Å². The zero-order chi connectivity index (χ0) is 55.2. The van der Waals surface area contributed by atoms with E-state index in [2.05, 4.69) is 35.3 Å². The van der Waals surface area contributed by atoms with Gasteiger partial charge in [-0.2, -0.15) is 4.90 Å². The van der Waals surface area contributed by atoms with Crippen LogP contribution in [0.3, 0.4) is 0 Å². The van der Waals surface area contributed by atoms with Crippen LogP contribution in [0.1, 0.15) is 102 Å². The fourth-order valence-corrected chi connectivity index (χ4v) is 10.4. The van der Waals surface area contributed by atoms with Crippen LogP contribution in [0.15, 0.2) is 96.0 Å². The molecule has 1 unspecified atom stereocenters. The summed E-state index contributed by atoms with van der Waals surface area (Å²) in [5.74, 6) is -3.05. The minimum absolute atomic E-state index is 0.0224. The van der Waals surface area contributed by atoms with Crippen LogP contribution in [0, 0.1) is 5.82 Å². The van der Waals surface area contributed by atoms with Crippen molar-refractivity contribution < 1.29 is 60.8 Å². The molecule has 20 heteroatoms. The Balaban J connectivity index is 1.29. The van der Waals surface area contributed by atoms with Crippen LogP contribution in [0.4, 0.5) is 36.0 Å². The summed E-state index contributed by atoms with van der Waals surface area (Å²) in [7, 11) is -3.66. The molecule has 4 aromatic carbocycles. The number of pyridine rings is 1. The maximum absolute atomic E-state index is 15.7. The van der Waals surface area contributed by atoms with Crippen molar-refractivity contribution in [2.75, 3.05) is 29.2 Å². The van der Waals surface area contributed by atoms with Crippen molar-refractivity contribution in [3.05, 3.63) is 119 Å². The zero-order valence-corrected chi connectivity index (χ0v) is 46.2. The normalized spacial score (nSPS) is 13.8. The minimum Gasteiger partial charge on any atom is -0.489 e. The van der Waals surface area contributed by atoms with Gasteiger partial charge in [0.1, 0.15) is 29.4 Å². The fraction of sp³-hybridized carbons (Fsp3) is 0.418. The molecular formula is C55H68FN5O12SSi. The molecule has 0 spiro atoms.